The van der Waals surface area contributed by atoms with Crippen molar-refractivity contribution < 1.29 is 13.2 Å². The van der Waals surface area contributed by atoms with Crippen LogP contribution < -0.4 is 0 Å². The fourth-order valence-electron chi connectivity index (χ4n) is 3.12. The van der Waals surface area contributed by atoms with E-state index in [0.717, 1.165) is 11.1 Å². The number of hydrogen-bond acceptors (Lipinski definition) is 3. The van der Waals surface area contributed by atoms with E-state index in [2.05, 4.69) is 0 Å². The van der Waals surface area contributed by atoms with Gasteiger partial charge in [0.1, 0.15) is 0 Å². The van der Waals surface area contributed by atoms with Crippen molar-refractivity contribution in [1.29, 1.82) is 0 Å². The summed E-state index contributed by atoms with van der Waals surface area (Å²) in [4.78, 5) is 14.2. The third kappa shape index (κ3) is 4.93. The Bertz CT molecular complexity index is 815. The molecule has 0 aliphatic carbocycles. The molecule has 0 bridgehead atoms. The molecule has 1 aliphatic rings. The highest BCUT2D eigenvalue weighted by Crippen LogP contribution is 2.12. The zero-order chi connectivity index (χ0) is 18.4. The molecule has 1 saturated heterocycles. The van der Waals surface area contributed by atoms with E-state index in [1.807, 2.05) is 60.7 Å². The Morgan fingerprint density at radius 2 is 1.35 bits per heavy atom. The van der Waals surface area contributed by atoms with Gasteiger partial charge in [-0.25, -0.2) is 8.42 Å². The zero-order valence-corrected chi connectivity index (χ0v) is 15.6. The number of sulfonamides is 1. The normalized spacial score (nSPS) is 15.8. The molecule has 0 aromatic heterocycles. The van der Waals surface area contributed by atoms with Gasteiger partial charge in [-0.15, -0.1) is 0 Å². The molecule has 2 aromatic rings. The van der Waals surface area contributed by atoms with Crippen molar-refractivity contribution in [2.75, 3.05) is 31.9 Å². The minimum Gasteiger partial charge on any atom is -0.340 e. The summed E-state index contributed by atoms with van der Waals surface area (Å²) in [5, 5.41) is 0. The van der Waals surface area contributed by atoms with E-state index < -0.39 is 10.0 Å². The van der Waals surface area contributed by atoms with Crippen LogP contribution in [0.5, 0.6) is 0 Å². The van der Waals surface area contributed by atoms with E-state index in [1.165, 1.54) is 4.31 Å². The molecule has 1 fully saturated rings. The van der Waals surface area contributed by atoms with Crippen molar-refractivity contribution >= 4 is 15.9 Å². The minimum absolute atomic E-state index is 0.0533. The average Bonchev–Trinajstić information content (AvgIpc) is 2.68. The van der Waals surface area contributed by atoms with Crippen LogP contribution in [-0.4, -0.2) is 55.5 Å². The number of carbonyl (C=O) groups is 1. The maximum atomic E-state index is 12.5. The Balaban J connectivity index is 1.50. The summed E-state index contributed by atoms with van der Waals surface area (Å²) in [7, 11) is -3.29. The summed E-state index contributed by atoms with van der Waals surface area (Å²) in [6.07, 6.45) is 0.873. The number of hydrogen-bond donors (Lipinski definition) is 0. The topological polar surface area (TPSA) is 57.7 Å². The van der Waals surface area contributed by atoms with Crippen LogP contribution in [0.3, 0.4) is 0 Å². The van der Waals surface area contributed by atoms with Gasteiger partial charge in [-0.1, -0.05) is 60.7 Å². The lowest BCUT2D eigenvalue weighted by Gasteiger charge is -2.34. The highest BCUT2D eigenvalue weighted by Gasteiger charge is 2.28. The van der Waals surface area contributed by atoms with Crippen molar-refractivity contribution in [2.45, 2.75) is 12.8 Å². The van der Waals surface area contributed by atoms with E-state index in [4.69, 9.17) is 0 Å². The van der Waals surface area contributed by atoms with Gasteiger partial charge >= 0.3 is 0 Å². The first kappa shape index (κ1) is 18.6. The fourth-order valence-corrected chi connectivity index (χ4v) is 4.59. The molecule has 5 nitrogen and oxygen atoms in total. The van der Waals surface area contributed by atoms with Crippen LogP contribution in [0.2, 0.25) is 0 Å². The van der Waals surface area contributed by atoms with Gasteiger partial charge < -0.3 is 4.90 Å². The number of piperazine rings is 1. The van der Waals surface area contributed by atoms with E-state index in [1.54, 1.807) is 4.90 Å². The second-order valence-corrected chi connectivity index (χ2v) is 8.58. The van der Waals surface area contributed by atoms with Gasteiger partial charge in [0.15, 0.2) is 0 Å². The molecular formula is C20H24N2O3S. The molecule has 0 atom stereocenters. The molecule has 3 rings (SSSR count). The summed E-state index contributed by atoms with van der Waals surface area (Å²) >= 11 is 0. The van der Waals surface area contributed by atoms with Crippen LogP contribution in [0.15, 0.2) is 60.7 Å². The molecule has 0 saturated carbocycles. The van der Waals surface area contributed by atoms with Crippen LogP contribution in [-0.2, 0) is 27.7 Å². The molecule has 6 heteroatoms. The Morgan fingerprint density at radius 3 is 1.92 bits per heavy atom. The van der Waals surface area contributed by atoms with Crippen LogP contribution in [0.4, 0.5) is 0 Å². The lowest BCUT2D eigenvalue weighted by atomic mass is 10.1. The number of carbonyl (C=O) groups excluding carboxylic acids is 1. The largest absolute Gasteiger partial charge is 0.340 e. The van der Waals surface area contributed by atoms with E-state index in [9.17, 15) is 13.2 Å². The highest BCUT2D eigenvalue weighted by atomic mass is 32.2. The molecule has 138 valence electrons. The average molecular weight is 372 g/mol. The molecular weight excluding hydrogens is 348 g/mol. The third-order valence-electron chi connectivity index (χ3n) is 4.67. The Hall–Kier alpha value is -2.18. The highest BCUT2D eigenvalue weighted by molar-refractivity contribution is 7.89. The number of amides is 1. The van der Waals surface area contributed by atoms with Crippen molar-refractivity contribution in [1.82, 2.24) is 9.21 Å². The first-order chi connectivity index (χ1) is 12.5. The first-order valence-corrected chi connectivity index (χ1v) is 10.5. The quantitative estimate of drug-likeness (QED) is 0.779. The van der Waals surface area contributed by atoms with E-state index in [0.29, 0.717) is 39.0 Å². The predicted octanol–water partition coefficient (Wildman–Crippen LogP) is 1.95. The molecule has 1 heterocycles. The number of benzene rings is 2. The van der Waals surface area contributed by atoms with Gasteiger partial charge in [0.25, 0.3) is 0 Å². The van der Waals surface area contributed by atoms with Crippen LogP contribution in [0.25, 0.3) is 0 Å². The summed E-state index contributed by atoms with van der Waals surface area (Å²) in [6.45, 7) is 1.65. The minimum atomic E-state index is -3.29. The van der Waals surface area contributed by atoms with Gasteiger partial charge in [-0.3, -0.25) is 4.79 Å². The molecule has 0 spiro atoms. The van der Waals surface area contributed by atoms with Gasteiger partial charge in [0, 0.05) is 26.2 Å². The molecule has 26 heavy (non-hydrogen) atoms. The maximum absolute atomic E-state index is 12.5. The summed E-state index contributed by atoms with van der Waals surface area (Å²) in [5.41, 5.74) is 2.00. The maximum Gasteiger partial charge on any atom is 0.227 e. The van der Waals surface area contributed by atoms with E-state index in [-0.39, 0.29) is 11.7 Å². The summed E-state index contributed by atoms with van der Waals surface area (Å²) in [6, 6.07) is 19.3. The standard InChI is InChI=1S/C20H24N2O3S/c23-20(17-19-9-5-2-6-10-19)21-12-14-22(15-13-21)26(24,25)16-11-18-7-3-1-4-8-18/h1-10H,11-17H2. The van der Waals surface area contributed by atoms with E-state index >= 15 is 0 Å². The molecule has 1 aliphatic heterocycles. The van der Waals surface area contributed by atoms with Gasteiger partial charge in [-0.05, 0) is 17.5 Å². The number of rotatable bonds is 6. The van der Waals surface area contributed by atoms with Gasteiger partial charge in [0.05, 0.1) is 12.2 Å². The van der Waals surface area contributed by atoms with Crippen molar-refractivity contribution in [3.8, 4) is 0 Å². The summed E-state index contributed by atoms with van der Waals surface area (Å²) < 4.78 is 26.6. The Morgan fingerprint density at radius 1 is 0.808 bits per heavy atom. The van der Waals surface area contributed by atoms with Gasteiger partial charge in [-0.2, -0.15) is 4.31 Å². The lowest BCUT2D eigenvalue weighted by molar-refractivity contribution is -0.131. The number of nitrogens with zero attached hydrogens (tertiary/aromatic N) is 2. The smallest absolute Gasteiger partial charge is 0.227 e. The molecule has 2 aromatic carbocycles. The second-order valence-electron chi connectivity index (χ2n) is 6.49. The zero-order valence-electron chi connectivity index (χ0n) is 14.8. The van der Waals surface area contributed by atoms with Crippen molar-refractivity contribution in [3.63, 3.8) is 0 Å². The molecule has 0 unspecified atom stereocenters. The predicted molar refractivity (Wildman–Crippen MR) is 102 cm³/mol. The molecule has 1 amide bonds. The van der Waals surface area contributed by atoms with Crippen LogP contribution in [0.1, 0.15) is 11.1 Å². The number of aryl methyl sites for hydroxylation is 1. The lowest BCUT2D eigenvalue weighted by Crippen LogP contribution is -2.51. The van der Waals surface area contributed by atoms with Crippen LogP contribution >= 0.6 is 0 Å². The Labute approximate surface area is 155 Å². The third-order valence-corrected chi connectivity index (χ3v) is 6.55. The Kier molecular flexibility index (Phi) is 6.06. The molecule has 0 N–H and O–H groups in total. The second kappa shape index (κ2) is 8.47. The van der Waals surface area contributed by atoms with Gasteiger partial charge in [0.2, 0.25) is 15.9 Å². The summed E-state index contributed by atoms with van der Waals surface area (Å²) in [5.74, 6) is 0.159. The molecule has 0 radical (unpaired) electrons. The SMILES string of the molecule is O=C(Cc1ccccc1)N1CCN(S(=O)(=O)CCc2ccccc2)CC1. The van der Waals surface area contributed by atoms with Crippen molar-refractivity contribution in [2.24, 2.45) is 0 Å². The van der Waals surface area contributed by atoms with Crippen LogP contribution in [0, 0.1) is 0 Å². The van der Waals surface area contributed by atoms with Crippen molar-refractivity contribution in [3.05, 3.63) is 71.8 Å². The fraction of sp³-hybridized carbons (Fsp3) is 0.350. The monoisotopic (exact) mass is 372 g/mol. The first-order valence-electron chi connectivity index (χ1n) is 8.88.